The molecule has 0 saturated carbocycles. The summed E-state index contributed by atoms with van der Waals surface area (Å²) in [5.74, 6) is -0.178. The van der Waals surface area contributed by atoms with Gasteiger partial charge in [-0.3, -0.25) is 9.59 Å². The highest BCUT2D eigenvalue weighted by atomic mass is 35.5. The summed E-state index contributed by atoms with van der Waals surface area (Å²) in [6.45, 7) is 0.459. The number of rotatable bonds is 5. The van der Waals surface area contributed by atoms with E-state index in [0.29, 0.717) is 24.4 Å². The molecule has 0 bridgehead atoms. The second-order valence-corrected chi connectivity index (χ2v) is 7.54. The molecule has 0 spiro atoms. The third kappa shape index (κ3) is 4.78. The summed E-state index contributed by atoms with van der Waals surface area (Å²) in [5, 5.41) is 11.1. The van der Waals surface area contributed by atoms with Gasteiger partial charge in [-0.2, -0.15) is 5.10 Å². The average molecular weight is 421 g/mol. The SMILES string of the molecule is O=C(/C=C/c1cn(-c2ccccc2)nc1-c1ccc(Cl)cc1)NC1CCC(=O)NC1. The van der Waals surface area contributed by atoms with E-state index in [-0.39, 0.29) is 17.9 Å². The second-order valence-electron chi connectivity index (χ2n) is 7.10. The van der Waals surface area contributed by atoms with Crippen LogP contribution < -0.4 is 10.6 Å². The zero-order valence-corrected chi connectivity index (χ0v) is 17.0. The van der Waals surface area contributed by atoms with Crippen molar-refractivity contribution in [3.63, 3.8) is 0 Å². The number of hydrogen-bond acceptors (Lipinski definition) is 3. The maximum Gasteiger partial charge on any atom is 0.244 e. The van der Waals surface area contributed by atoms with Gasteiger partial charge in [-0.25, -0.2) is 4.68 Å². The van der Waals surface area contributed by atoms with Gasteiger partial charge in [0.1, 0.15) is 0 Å². The monoisotopic (exact) mass is 420 g/mol. The van der Waals surface area contributed by atoms with E-state index in [0.717, 1.165) is 22.5 Å². The zero-order chi connectivity index (χ0) is 20.9. The molecule has 3 aromatic rings. The van der Waals surface area contributed by atoms with Gasteiger partial charge in [-0.15, -0.1) is 0 Å². The summed E-state index contributed by atoms with van der Waals surface area (Å²) in [4.78, 5) is 23.6. The Balaban J connectivity index is 1.58. The number of para-hydroxylation sites is 1. The van der Waals surface area contributed by atoms with Crippen molar-refractivity contribution < 1.29 is 9.59 Å². The first-order valence-corrected chi connectivity index (χ1v) is 10.1. The van der Waals surface area contributed by atoms with Gasteiger partial charge in [0.15, 0.2) is 0 Å². The first kappa shape index (κ1) is 19.9. The summed E-state index contributed by atoms with van der Waals surface area (Å²) in [6.07, 6.45) is 6.23. The molecule has 2 amide bonds. The van der Waals surface area contributed by atoms with Crippen molar-refractivity contribution in [1.82, 2.24) is 20.4 Å². The van der Waals surface area contributed by atoms with Gasteiger partial charge in [0, 0.05) is 47.4 Å². The van der Waals surface area contributed by atoms with Gasteiger partial charge >= 0.3 is 0 Å². The molecule has 2 aromatic carbocycles. The molecule has 0 radical (unpaired) electrons. The Morgan fingerprint density at radius 3 is 2.63 bits per heavy atom. The topological polar surface area (TPSA) is 76.0 Å². The Hall–Kier alpha value is -3.38. The summed E-state index contributed by atoms with van der Waals surface area (Å²) in [5.41, 5.74) is 3.40. The summed E-state index contributed by atoms with van der Waals surface area (Å²) < 4.78 is 1.79. The van der Waals surface area contributed by atoms with Crippen LogP contribution >= 0.6 is 11.6 Å². The van der Waals surface area contributed by atoms with Crippen LogP contribution in [0.1, 0.15) is 18.4 Å². The number of hydrogen-bond donors (Lipinski definition) is 2. The number of halogens is 1. The number of piperidine rings is 1. The van der Waals surface area contributed by atoms with Crippen LogP contribution in [0, 0.1) is 0 Å². The van der Waals surface area contributed by atoms with Crippen molar-refractivity contribution in [2.45, 2.75) is 18.9 Å². The lowest BCUT2D eigenvalue weighted by Crippen LogP contribution is -2.47. The van der Waals surface area contributed by atoms with Crippen molar-refractivity contribution in [3.8, 4) is 16.9 Å². The minimum Gasteiger partial charge on any atom is -0.354 e. The van der Waals surface area contributed by atoms with Crippen molar-refractivity contribution in [1.29, 1.82) is 0 Å². The third-order valence-corrected chi connectivity index (χ3v) is 5.16. The molecule has 152 valence electrons. The van der Waals surface area contributed by atoms with Crippen molar-refractivity contribution in [2.24, 2.45) is 0 Å². The lowest BCUT2D eigenvalue weighted by Gasteiger charge is -2.22. The molecule has 0 aliphatic carbocycles. The Bertz CT molecular complexity index is 1060. The number of benzene rings is 2. The van der Waals surface area contributed by atoms with E-state index in [2.05, 4.69) is 10.6 Å². The molecule has 1 aliphatic heterocycles. The van der Waals surface area contributed by atoms with E-state index in [1.54, 1.807) is 10.8 Å². The molecular formula is C23H21ClN4O2. The van der Waals surface area contributed by atoms with Gasteiger partial charge in [0.25, 0.3) is 0 Å². The molecule has 30 heavy (non-hydrogen) atoms. The van der Waals surface area contributed by atoms with E-state index in [1.807, 2.05) is 60.8 Å². The van der Waals surface area contributed by atoms with Crippen molar-refractivity contribution >= 4 is 29.5 Å². The van der Waals surface area contributed by atoms with Crippen LogP contribution in [-0.4, -0.2) is 34.2 Å². The fourth-order valence-electron chi connectivity index (χ4n) is 3.33. The fourth-order valence-corrected chi connectivity index (χ4v) is 3.45. The van der Waals surface area contributed by atoms with E-state index in [9.17, 15) is 9.59 Å². The maximum atomic E-state index is 12.4. The number of nitrogens with one attached hydrogen (secondary N) is 2. The van der Waals surface area contributed by atoms with Crippen LogP contribution in [0.4, 0.5) is 0 Å². The van der Waals surface area contributed by atoms with Gasteiger partial charge in [-0.1, -0.05) is 41.9 Å². The van der Waals surface area contributed by atoms with Gasteiger partial charge < -0.3 is 10.6 Å². The molecular weight excluding hydrogens is 400 g/mol. The van der Waals surface area contributed by atoms with Crippen LogP contribution in [0.15, 0.2) is 66.9 Å². The van der Waals surface area contributed by atoms with Crippen LogP contribution in [0.2, 0.25) is 5.02 Å². The molecule has 2 heterocycles. The molecule has 4 rings (SSSR count). The largest absolute Gasteiger partial charge is 0.354 e. The van der Waals surface area contributed by atoms with Crippen LogP contribution in [0.3, 0.4) is 0 Å². The molecule has 6 nitrogen and oxygen atoms in total. The van der Waals surface area contributed by atoms with E-state index in [1.165, 1.54) is 6.08 Å². The molecule has 1 aliphatic rings. The number of carbonyl (C=O) groups is 2. The highest BCUT2D eigenvalue weighted by Gasteiger charge is 2.18. The number of carbonyl (C=O) groups excluding carboxylic acids is 2. The lowest BCUT2D eigenvalue weighted by atomic mass is 10.1. The Morgan fingerprint density at radius 2 is 1.93 bits per heavy atom. The minimum atomic E-state index is -0.203. The Kier molecular flexibility index (Phi) is 5.95. The fraction of sp³-hybridized carbons (Fsp3) is 0.174. The predicted molar refractivity (Wildman–Crippen MR) is 117 cm³/mol. The predicted octanol–water partition coefficient (Wildman–Crippen LogP) is 3.60. The average Bonchev–Trinajstić information content (AvgIpc) is 3.19. The molecule has 1 fully saturated rings. The first-order chi connectivity index (χ1) is 14.6. The third-order valence-electron chi connectivity index (χ3n) is 4.91. The summed E-state index contributed by atoms with van der Waals surface area (Å²) in [6, 6.07) is 17.2. The van der Waals surface area contributed by atoms with E-state index in [4.69, 9.17) is 16.7 Å². The van der Waals surface area contributed by atoms with Gasteiger partial charge in [0.2, 0.25) is 11.8 Å². The van der Waals surface area contributed by atoms with Crippen LogP contribution in [0.5, 0.6) is 0 Å². The van der Waals surface area contributed by atoms with Crippen LogP contribution in [-0.2, 0) is 9.59 Å². The highest BCUT2D eigenvalue weighted by Crippen LogP contribution is 2.26. The zero-order valence-electron chi connectivity index (χ0n) is 16.2. The summed E-state index contributed by atoms with van der Waals surface area (Å²) >= 11 is 6.03. The standard InChI is InChI=1S/C23H21ClN4O2/c24-18-9-6-16(7-10-18)23-17(15-28(27-23)20-4-2-1-3-5-20)8-12-22(30)26-19-11-13-21(29)25-14-19/h1-10,12,15,19H,11,13-14H2,(H,25,29)(H,26,30)/b12-8+. The molecule has 7 heteroatoms. The summed E-state index contributed by atoms with van der Waals surface area (Å²) in [7, 11) is 0. The number of nitrogens with zero attached hydrogens (tertiary/aromatic N) is 2. The van der Waals surface area contributed by atoms with Crippen LogP contribution in [0.25, 0.3) is 23.0 Å². The van der Waals surface area contributed by atoms with Crippen molar-refractivity contribution in [3.05, 3.63) is 77.5 Å². The minimum absolute atomic E-state index is 0.0250. The quantitative estimate of drug-likeness (QED) is 0.619. The molecule has 1 atom stereocenters. The highest BCUT2D eigenvalue weighted by molar-refractivity contribution is 6.30. The van der Waals surface area contributed by atoms with Gasteiger partial charge in [0.05, 0.1) is 11.4 Å². The smallest absolute Gasteiger partial charge is 0.244 e. The number of amides is 2. The first-order valence-electron chi connectivity index (χ1n) is 9.75. The molecule has 1 aromatic heterocycles. The normalized spacial score (nSPS) is 16.4. The Morgan fingerprint density at radius 1 is 1.17 bits per heavy atom. The second kappa shape index (κ2) is 8.97. The number of aromatic nitrogens is 2. The Labute approximate surface area is 179 Å². The van der Waals surface area contributed by atoms with E-state index >= 15 is 0 Å². The van der Waals surface area contributed by atoms with Crippen molar-refractivity contribution in [2.75, 3.05) is 6.54 Å². The molecule has 1 unspecified atom stereocenters. The molecule has 2 N–H and O–H groups in total. The lowest BCUT2D eigenvalue weighted by molar-refractivity contribution is -0.124. The maximum absolute atomic E-state index is 12.4. The van der Waals surface area contributed by atoms with Gasteiger partial charge in [-0.05, 0) is 36.8 Å². The van der Waals surface area contributed by atoms with E-state index < -0.39 is 0 Å². The molecule has 1 saturated heterocycles.